The van der Waals surface area contributed by atoms with Gasteiger partial charge >= 0.3 is 6.18 Å². The average molecular weight is 222 g/mol. The second-order valence-corrected chi connectivity index (χ2v) is 4.49. The molecule has 0 aromatic heterocycles. The fraction of sp³-hybridized carbons (Fsp3) is 0.818. The first-order valence-electron chi connectivity index (χ1n) is 5.20. The molecule has 0 amide bonds. The molecular weight excluding hydrogens is 205 g/mol. The Labute approximate surface area is 88.0 Å². The summed E-state index contributed by atoms with van der Waals surface area (Å²) in [7, 11) is 0. The number of hydrogen-bond donors (Lipinski definition) is 1. The first-order chi connectivity index (χ1) is 6.79. The van der Waals surface area contributed by atoms with Crippen LogP contribution in [-0.2, 0) is 0 Å². The van der Waals surface area contributed by atoms with Crippen LogP contribution in [0, 0.1) is 11.8 Å². The van der Waals surface area contributed by atoms with Crippen molar-refractivity contribution < 1.29 is 18.3 Å². The maximum atomic E-state index is 12.5. The predicted octanol–water partition coefficient (Wildman–Crippen LogP) is 3.29. The monoisotopic (exact) mass is 222 g/mol. The van der Waals surface area contributed by atoms with Gasteiger partial charge in [0.25, 0.3) is 0 Å². The molecule has 1 aliphatic carbocycles. The summed E-state index contributed by atoms with van der Waals surface area (Å²) in [6.07, 6.45) is -0.510. The number of rotatable bonds is 2. The zero-order chi connectivity index (χ0) is 11.7. The van der Waals surface area contributed by atoms with Gasteiger partial charge in [0.2, 0.25) is 0 Å². The van der Waals surface area contributed by atoms with Gasteiger partial charge in [0.15, 0.2) is 5.60 Å². The van der Waals surface area contributed by atoms with E-state index in [1.54, 1.807) is 6.08 Å². The predicted molar refractivity (Wildman–Crippen MR) is 52.3 cm³/mol. The average Bonchev–Trinajstić information content (AvgIpc) is 2.16. The van der Waals surface area contributed by atoms with Gasteiger partial charge in [0, 0.05) is 0 Å². The molecular formula is C11H17F3O. The van der Waals surface area contributed by atoms with Crippen LogP contribution < -0.4 is 0 Å². The van der Waals surface area contributed by atoms with Crippen LogP contribution in [0.15, 0.2) is 12.7 Å². The van der Waals surface area contributed by atoms with E-state index in [-0.39, 0.29) is 0 Å². The van der Waals surface area contributed by atoms with Gasteiger partial charge in [-0.2, -0.15) is 13.2 Å². The molecule has 0 aliphatic heterocycles. The summed E-state index contributed by atoms with van der Waals surface area (Å²) in [5.41, 5.74) is -2.54. The van der Waals surface area contributed by atoms with Crippen molar-refractivity contribution in [1.29, 1.82) is 0 Å². The highest BCUT2D eigenvalue weighted by Gasteiger charge is 2.54. The fourth-order valence-electron chi connectivity index (χ4n) is 2.15. The summed E-state index contributed by atoms with van der Waals surface area (Å²) in [6.45, 7) is 4.52. The first kappa shape index (κ1) is 12.6. The van der Waals surface area contributed by atoms with E-state index in [4.69, 9.17) is 0 Å². The smallest absolute Gasteiger partial charge is 0.380 e. The molecule has 0 spiro atoms. The van der Waals surface area contributed by atoms with Crippen LogP contribution in [0.4, 0.5) is 13.2 Å². The molecule has 0 bridgehead atoms. The zero-order valence-electron chi connectivity index (χ0n) is 8.85. The largest absolute Gasteiger partial charge is 0.417 e. The molecule has 1 saturated carbocycles. The molecule has 0 saturated heterocycles. The third-order valence-electron chi connectivity index (χ3n) is 3.47. The Kier molecular flexibility index (Phi) is 3.48. The van der Waals surface area contributed by atoms with Gasteiger partial charge in [-0.05, 0) is 44.4 Å². The lowest BCUT2D eigenvalue weighted by molar-refractivity contribution is -0.275. The molecule has 1 aliphatic rings. The van der Waals surface area contributed by atoms with Gasteiger partial charge in [-0.15, -0.1) is 6.58 Å². The molecule has 0 aromatic rings. The summed E-state index contributed by atoms with van der Waals surface area (Å²) < 4.78 is 37.6. The summed E-state index contributed by atoms with van der Waals surface area (Å²) in [6, 6.07) is 0. The van der Waals surface area contributed by atoms with E-state index in [2.05, 4.69) is 6.58 Å². The lowest BCUT2D eigenvalue weighted by atomic mass is 9.74. The molecule has 1 atom stereocenters. The van der Waals surface area contributed by atoms with Crippen LogP contribution in [0.2, 0.25) is 0 Å². The number of allylic oxidation sites excluding steroid dienone is 1. The third kappa shape index (κ3) is 2.54. The standard InChI is InChI=1S/C11H17F3O/c1-3-8-4-6-9(7-5-8)10(2,15)11(12,13)14/h3,8-9,15H,1,4-7H2,2H3. The van der Waals surface area contributed by atoms with E-state index in [9.17, 15) is 18.3 Å². The molecule has 0 aromatic carbocycles. The van der Waals surface area contributed by atoms with Gasteiger partial charge in [-0.25, -0.2) is 0 Å². The SMILES string of the molecule is C=CC1CCC(C(C)(O)C(F)(F)F)CC1. The second kappa shape index (κ2) is 4.16. The van der Waals surface area contributed by atoms with Crippen molar-refractivity contribution in [2.45, 2.75) is 44.4 Å². The van der Waals surface area contributed by atoms with Crippen molar-refractivity contribution in [1.82, 2.24) is 0 Å². The highest BCUT2D eigenvalue weighted by atomic mass is 19.4. The lowest BCUT2D eigenvalue weighted by Gasteiger charge is -2.38. The molecule has 15 heavy (non-hydrogen) atoms. The van der Waals surface area contributed by atoms with Crippen molar-refractivity contribution in [2.24, 2.45) is 11.8 Å². The Bertz CT molecular complexity index is 224. The van der Waals surface area contributed by atoms with Crippen LogP contribution in [0.1, 0.15) is 32.6 Å². The van der Waals surface area contributed by atoms with E-state index < -0.39 is 17.7 Å². The van der Waals surface area contributed by atoms with Crippen LogP contribution in [0.5, 0.6) is 0 Å². The van der Waals surface area contributed by atoms with Gasteiger partial charge in [-0.3, -0.25) is 0 Å². The number of hydrogen-bond acceptors (Lipinski definition) is 1. The Morgan fingerprint density at radius 3 is 2.00 bits per heavy atom. The molecule has 4 heteroatoms. The van der Waals surface area contributed by atoms with Crippen molar-refractivity contribution in [2.75, 3.05) is 0 Å². The van der Waals surface area contributed by atoms with Gasteiger partial charge in [0.1, 0.15) is 0 Å². The topological polar surface area (TPSA) is 20.2 Å². The Hall–Kier alpha value is -0.510. The minimum atomic E-state index is -4.53. The maximum Gasteiger partial charge on any atom is 0.417 e. The summed E-state index contributed by atoms with van der Waals surface area (Å²) in [5, 5.41) is 9.48. The molecule has 1 N–H and O–H groups in total. The van der Waals surface area contributed by atoms with Crippen molar-refractivity contribution in [3.8, 4) is 0 Å². The number of aliphatic hydroxyl groups is 1. The Morgan fingerprint density at radius 1 is 1.20 bits per heavy atom. The van der Waals surface area contributed by atoms with Crippen LogP contribution in [0.3, 0.4) is 0 Å². The fourth-order valence-corrected chi connectivity index (χ4v) is 2.15. The highest BCUT2D eigenvalue weighted by Crippen LogP contribution is 2.43. The Morgan fingerprint density at radius 2 is 1.67 bits per heavy atom. The first-order valence-corrected chi connectivity index (χ1v) is 5.20. The number of halogens is 3. The van der Waals surface area contributed by atoms with Crippen LogP contribution >= 0.6 is 0 Å². The molecule has 1 unspecified atom stereocenters. The zero-order valence-corrected chi connectivity index (χ0v) is 8.85. The minimum absolute atomic E-state index is 0.310. The van der Waals surface area contributed by atoms with Crippen molar-refractivity contribution >= 4 is 0 Å². The van der Waals surface area contributed by atoms with E-state index >= 15 is 0 Å². The quantitative estimate of drug-likeness (QED) is 0.711. The molecule has 88 valence electrons. The normalized spacial score (nSPS) is 32.1. The molecule has 0 radical (unpaired) electrons. The van der Waals surface area contributed by atoms with E-state index in [1.807, 2.05) is 0 Å². The van der Waals surface area contributed by atoms with Gasteiger partial charge < -0.3 is 5.11 Å². The summed E-state index contributed by atoms with van der Waals surface area (Å²) in [4.78, 5) is 0. The molecule has 1 rings (SSSR count). The van der Waals surface area contributed by atoms with Gasteiger partial charge in [-0.1, -0.05) is 6.08 Å². The molecule has 0 heterocycles. The van der Waals surface area contributed by atoms with E-state index in [1.165, 1.54) is 0 Å². The summed E-state index contributed by atoms with van der Waals surface area (Å²) >= 11 is 0. The van der Waals surface area contributed by atoms with Crippen LogP contribution in [0.25, 0.3) is 0 Å². The molecule has 1 nitrogen and oxygen atoms in total. The minimum Gasteiger partial charge on any atom is -0.380 e. The summed E-state index contributed by atoms with van der Waals surface area (Å²) in [5.74, 6) is -0.362. The van der Waals surface area contributed by atoms with E-state index in [0.717, 1.165) is 6.92 Å². The second-order valence-electron chi connectivity index (χ2n) is 4.49. The lowest BCUT2D eigenvalue weighted by Crippen LogP contribution is -2.49. The Balaban J connectivity index is 2.63. The highest BCUT2D eigenvalue weighted by molar-refractivity contribution is 4.94. The molecule has 1 fully saturated rings. The third-order valence-corrected chi connectivity index (χ3v) is 3.47. The number of alkyl halides is 3. The van der Waals surface area contributed by atoms with Crippen molar-refractivity contribution in [3.05, 3.63) is 12.7 Å². The van der Waals surface area contributed by atoms with Gasteiger partial charge in [0.05, 0.1) is 0 Å². The maximum absolute atomic E-state index is 12.5. The van der Waals surface area contributed by atoms with Crippen LogP contribution in [-0.4, -0.2) is 16.9 Å². The van der Waals surface area contributed by atoms with E-state index in [0.29, 0.717) is 31.6 Å². The van der Waals surface area contributed by atoms with Crippen molar-refractivity contribution in [3.63, 3.8) is 0 Å².